The highest BCUT2D eigenvalue weighted by Gasteiger charge is 2.50. The van der Waals surface area contributed by atoms with Gasteiger partial charge in [-0.3, -0.25) is 9.59 Å². The van der Waals surface area contributed by atoms with Crippen LogP contribution in [-0.4, -0.2) is 47.6 Å². The fourth-order valence-corrected chi connectivity index (χ4v) is 5.04. The van der Waals surface area contributed by atoms with E-state index < -0.39 is 33.1 Å². The molecule has 1 atom stereocenters. The third kappa shape index (κ3) is 4.03. The first-order chi connectivity index (χ1) is 15.0. The Kier molecular flexibility index (Phi) is 5.60. The van der Waals surface area contributed by atoms with Crippen LogP contribution in [0.25, 0.3) is 10.9 Å². The molecule has 0 saturated carbocycles. The Balaban J connectivity index is 1.52. The minimum Gasteiger partial charge on any atom is -0.373 e. The number of carbonyl (C=O) groups is 2. The van der Waals surface area contributed by atoms with E-state index in [1.165, 1.54) is 23.2 Å². The summed E-state index contributed by atoms with van der Waals surface area (Å²) >= 11 is 5.83. The van der Waals surface area contributed by atoms with Gasteiger partial charge in [0.1, 0.15) is 5.82 Å². The van der Waals surface area contributed by atoms with E-state index in [4.69, 9.17) is 11.6 Å². The molecule has 1 unspecified atom stereocenters. The lowest BCUT2D eigenvalue weighted by Gasteiger charge is -2.21. The van der Waals surface area contributed by atoms with Crippen LogP contribution in [0.4, 0.5) is 10.1 Å². The van der Waals surface area contributed by atoms with Crippen LogP contribution in [0, 0.1) is 5.82 Å². The molecule has 1 aliphatic rings. The van der Waals surface area contributed by atoms with Crippen molar-refractivity contribution in [2.24, 2.45) is 0 Å². The fraction of sp³-hybridized carbons (Fsp3) is 0.273. The number of fused-ring (bicyclic) bond motifs is 1. The highest BCUT2D eigenvalue weighted by atomic mass is 35.5. The molecule has 1 N–H and O–H groups in total. The number of carbonyl (C=O) groups excluding carboxylic acids is 2. The van der Waals surface area contributed by atoms with Crippen LogP contribution in [0.2, 0.25) is 5.02 Å². The van der Waals surface area contributed by atoms with Gasteiger partial charge in [-0.25, -0.2) is 16.8 Å². The third-order valence-corrected chi connectivity index (χ3v) is 6.88. The Bertz CT molecular complexity index is 1330. The Labute approximate surface area is 189 Å². The summed E-state index contributed by atoms with van der Waals surface area (Å²) in [5.74, 6) is -1.90. The van der Waals surface area contributed by atoms with Crippen molar-refractivity contribution in [2.75, 3.05) is 17.7 Å². The van der Waals surface area contributed by atoms with Gasteiger partial charge >= 0.3 is 0 Å². The van der Waals surface area contributed by atoms with Crippen molar-refractivity contribution in [2.45, 2.75) is 24.9 Å². The maximum absolute atomic E-state index is 13.5. The SMILES string of the molecule is CS(=O)(=O)n1ccc2cc(N3CCC(O)(C(=O)CCc4cc(F)cc(Cl)c4)C3=O)ccc21. The van der Waals surface area contributed by atoms with E-state index in [2.05, 4.69) is 0 Å². The zero-order valence-electron chi connectivity index (χ0n) is 17.1. The van der Waals surface area contributed by atoms with Gasteiger partial charge in [0.2, 0.25) is 15.6 Å². The second-order valence-electron chi connectivity index (χ2n) is 7.89. The number of aryl methyl sites for hydroxylation is 1. The lowest BCUT2D eigenvalue weighted by molar-refractivity contribution is -0.147. The average molecular weight is 479 g/mol. The first-order valence-electron chi connectivity index (χ1n) is 9.83. The molecule has 10 heteroatoms. The standard InChI is InChI=1S/C22H20ClFN2O5S/c1-32(30,31)26-8-6-15-12-18(3-4-19(15)26)25-9-7-22(29,21(25)28)20(27)5-2-14-10-16(23)13-17(24)11-14/h3-4,6,8,10-13,29H,2,5,7,9H2,1H3. The summed E-state index contributed by atoms with van der Waals surface area (Å²) in [6.07, 6.45) is 2.43. The zero-order chi connectivity index (χ0) is 23.3. The van der Waals surface area contributed by atoms with Crippen molar-refractivity contribution >= 4 is 49.9 Å². The van der Waals surface area contributed by atoms with Crippen molar-refractivity contribution < 1.29 is 27.5 Å². The number of rotatable bonds is 6. The van der Waals surface area contributed by atoms with Gasteiger partial charge in [0, 0.05) is 41.7 Å². The third-order valence-electron chi connectivity index (χ3n) is 5.63. The van der Waals surface area contributed by atoms with Crippen molar-refractivity contribution in [3.8, 4) is 0 Å². The number of hydrogen-bond acceptors (Lipinski definition) is 5. The minimum absolute atomic E-state index is 0.0725. The number of benzene rings is 2. The summed E-state index contributed by atoms with van der Waals surface area (Å²) in [6, 6.07) is 10.3. The van der Waals surface area contributed by atoms with Gasteiger partial charge in [-0.2, -0.15) is 0 Å². The summed E-state index contributed by atoms with van der Waals surface area (Å²) in [7, 11) is -3.47. The molecule has 3 aromatic rings. The normalized spacial score (nSPS) is 19.1. The van der Waals surface area contributed by atoms with Crippen molar-refractivity contribution in [3.05, 3.63) is 65.1 Å². The molecule has 2 heterocycles. The van der Waals surface area contributed by atoms with E-state index in [9.17, 15) is 27.5 Å². The summed E-state index contributed by atoms with van der Waals surface area (Å²) in [4.78, 5) is 27.0. The molecule has 0 aliphatic carbocycles. The van der Waals surface area contributed by atoms with E-state index in [-0.39, 0.29) is 30.8 Å². The number of Topliss-reactive ketones (excluding diaryl/α,β-unsaturated/α-hetero) is 1. The van der Waals surface area contributed by atoms with E-state index >= 15 is 0 Å². The van der Waals surface area contributed by atoms with Gasteiger partial charge in [0.15, 0.2) is 5.78 Å². The Morgan fingerprint density at radius 2 is 1.97 bits per heavy atom. The van der Waals surface area contributed by atoms with E-state index in [0.29, 0.717) is 22.2 Å². The molecule has 1 amide bonds. The van der Waals surface area contributed by atoms with Crippen molar-refractivity contribution in [3.63, 3.8) is 0 Å². The number of aliphatic hydroxyl groups is 1. The summed E-state index contributed by atoms with van der Waals surface area (Å²) in [5.41, 5.74) is -0.752. The van der Waals surface area contributed by atoms with E-state index in [0.717, 1.165) is 16.3 Å². The number of anilines is 1. The summed E-state index contributed by atoms with van der Waals surface area (Å²) < 4.78 is 38.4. The number of hydrogen-bond donors (Lipinski definition) is 1. The highest BCUT2D eigenvalue weighted by Crippen LogP contribution is 2.32. The molecule has 2 aromatic carbocycles. The monoisotopic (exact) mass is 478 g/mol. The smallest absolute Gasteiger partial charge is 0.266 e. The van der Waals surface area contributed by atoms with Crippen LogP contribution in [-0.2, 0) is 26.0 Å². The number of aromatic nitrogens is 1. The maximum atomic E-state index is 13.5. The Morgan fingerprint density at radius 3 is 2.66 bits per heavy atom. The minimum atomic E-state index is -3.47. The molecular weight excluding hydrogens is 459 g/mol. The topological polar surface area (TPSA) is 96.7 Å². The molecule has 0 bridgehead atoms. The number of amides is 1. The van der Waals surface area contributed by atoms with Gasteiger partial charge in [-0.1, -0.05) is 11.6 Å². The first kappa shape index (κ1) is 22.4. The summed E-state index contributed by atoms with van der Waals surface area (Å²) in [6.45, 7) is 0.130. The van der Waals surface area contributed by atoms with Crippen LogP contribution in [0.3, 0.4) is 0 Å². The molecule has 1 aromatic heterocycles. The molecule has 1 saturated heterocycles. The van der Waals surface area contributed by atoms with Crippen molar-refractivity contribution in [1.82, 2.24) is 3.97 Å². The van der Waals surface area contributed by atoms with Crippen LogP contribution >= 0.6 is 11.6 Å². The Hall–Kier alpha value is -2.75. The summed E-state index contributed by atoms with van der Waals surface area (Å²) in [5, 5.41) is 11.7. The quantitative estimate of drug-likeness (QED) is 0.549. The van der Waals surface area contributed by atoms with Crippen LogP contribution < -0.4 is 4.90 Å². The molecule has 168 valence electrons. The fourth-order valence-electron chi connectivity index (χ4n) is 3.99. The van der Waals surface area contributed by atoms with Gasteiger partial charge < -0.3 is 10.0 Å². The Morgan fingerprint density at radius 1 is 1.22 bits per heavy atom. The van der Waals surface area contributed by atoms with Gasteiger partial charge in [-0.05, 0) is 54.4 Å². The molecule has 0 radical (unpaired) electrons. The number of halogens is 2. The predicted octanol–water partition coefficient (Wildman–Crippen LogP) is 2.91. The molecule has 32 heavy (non-hydrogen) atoms. The zero-order valence-corrected chi connectivity index (χ0v) is 18.7. The molecule has 1 fully saturated rings. The number of nitrogens with zero attached hydrogens (tertiary/aromatic N) is 2. The van der Waals surface area contributed by atoms with Crippen LogP contribution in [0.5, 0.6) is 0 Å². The maximum Gasteiger partial charge on any atom is 0.266 e. The molecule has 4 rings (SSSR count). The molecular formula is C22H20ClFN2O5S. The lowest BCUT2D eigenvalue weighted by Crippen LogP contribution is -2.47. The molecule has 0 spiro atoms. The molecule has 7 nitrogen and oxygen atoms in total. The second-order valence-corrected chi connectivity index (χ2v) is 10.2. The van der Waals surface area contributed by atoms with Gasteiger partial charge in [0.05, 0.1) is 11.8 Å². The average Bonchev–Trinajstić information content (AvgIpc) is 3.27. The lowest BCUT2D eigenvalue weighted by atomic mass is 9.92. The van der Waals surface area contributed by atoms with E-state index in [1.54, 1.807) is 24.3 Å². The second kappa shape index (κ2) is 7.99. The van der Waals surface area contributed by atoms with Gasteiger partial charge in [-0.15, -0.1) is 0 Å². The highest BCUT2D eigenvalue weighted by molar-refractivity contribution is 7.89. The molecule has 1 aliphatic heterocycles. The predicted molar refractivity (Wildman–Crippen MR) is 119 cm³/mol. The van der Waals surface area contributed by atoms with Gasteiger partial charge in [0.25, 0.3) is 5.91 Å². The van der Waals surface area contributed by atoms with Crippen LogP contribution in [0.15, 0.2) is 48.7 Å². The number of ketones is 1. The van der Waals surface area contributed by atoms with E-state index in [1.807, 2.05) is 0 Å². The van der Waals surface area contributed by atoms with Crippen molar-refractivity contribution in [1.29, 1.82) is 0 Å². The van der Waals surface area contributed by atoms with Crippen LogP contribution in [0.1, 0.15) is 18.4 Å². The first-order valence-corrected chi connectivity index (χ1v) is 12.1. The largest absolute Gasteiger partial charge is 0.373 e.